The van der Waals surface area contributed by atoms with Crippen molar-refractivity contribution in [3.8, 4) is 29.9 Å². The first-order valence-corrected chi connectivity index (χ1v) is 9.00. The number of hydrogen-bond donors (Lipinski definition) is 2. The van der Waals surface area contributed by atoms with E-state index in [4.69, 9.17) is 15.9 Å². The third-order valence-electron chi connectivity index (χ3n) is 3.58. The lowest BCUT2D eigenvalue weighted by Crippen LogP contribution is -2.42. The van der Waals surface area contributed by atoms with Crippen molar-refractivity contribution < 1.29 is 19.1 Å². The monoisotopic (exact) mass is 453 g/mol. The Morgan fingerprint density at radius 1 is 1.21 bits per heavy atom. The number of rotatable bonds is 6. The van der Waals surface area contributed by atoms with Gasteiger partial charge in [-0.2, -0.15) is 5.26 Å². The van der Waals surface area contributed by atoms with E-state index in [1.54, 1.807) is 48.5 Å². The second kappa shape index (κ2) is 10.5. The molecule has 0 aromatic heterocycles. The van der Waals surface area contributed by atoms with Crippen molar-refractivity contribution in [2.75, 3.05) is 13.7 Å². The van der Waals surface area contributed by atoms with Crippen LogP contribution in [0.3, 0.4) is 0 Å². The van der Waals surface area contributed by atoms with Gasteiger partial charge >= 0.3 is 0 Å². The summed E-state index contributed by atoms with van der Waals surface area (Å²) in [5, 5.41) is 9.34. The highest BCUT2D eigenvalue weighted by molar-refractivity contribution is 9.10. The zero-order chi connectivity index (χ0) is 21.2. The molecule has 0 saturated heterocycles. The highest BCUT2D eigenvalue weighted by Gasteiger charge is 2.14. The molecule has 7 nitrogen and oxygen atoms in total. The van der Waals surface area contributed by atoms with Gasteiger partial charge in [-0.25, -0.2) is 0 Å². The minimum atomic E-state index is -0.768. The molecule has 2 amide bonds. The minimum Gasteiger partial charge on any atom is -0.493 e. The number of nitrogens with one attached hydrogen (secondary N) is 2. The molecule has 0 bridgehead atoms. The van der Waals surface area contributed by atoms with E-state index >= 15 is 0 Å². The van der Waals surface area contributed by atoms with E-state index in [-0.39, 0.29) is 12.2 Å². The molecule has 0 spiro atoms. The van der Waals surface area contributed by atoms with Gasteiger partial charge in [0.2, 0.25) is 0 Å². The highest BCUT2D eigenvalue weighted by Crippen LogP contribution is 2.34. The molecule has 2 rings (SSSR count). The maximum absolute atomic E-state index is 12.3. The van der Waals surface area contributed by atoms with E-state index in [0.717, 1.165) is 0 Å². The quantitative estimate of drug-likeness (QED) is 0.303. The first kappa shape index (κ1) is 21.5. The van der Waals surface area contributed by atoms with Gasteiger partial charge in [0, 0.05) is 10.0 Å². The van der Waals surface area contributed by atoms with Gasteiger partial charge in [-0.05, 0) is 35.9 Å². The highest BCUT2D eigenvalue weighted by atomic mass is 79.9. The van der Waals surface area contributed by atoms with Gasteiger partial charge in [0.25, 0.3) is 11.8 Å². The number of carbonyl (C=O) groups excluding carboxylic acids is 2. The van der Waals surface area contributed by atoms with E-state index in [1.807, 2.05) is 0 Å². The molecule has 0 radical (unpaired) electrons. The zero-order valence-electron chi connectivity index (χ0n) is 15.4. The molecule has 2 N–H and O–H groups in total. The summed E-state index contributed by atoms with van der Waals surface area (Å²) >= 11 is 3.36. The van der Waals surface area contributed by atoms with E-state index in [1.165, 1.54) is 13.2 Å². The predicted molar refractivity (Wildman–Crippen MR) is 111 cm³/mol. The van der Waals surface area contributed by atoms with Gasteiger partial charge in [0.15, 0.2) is 11.5 Å². The number of ether oxygens (including phenoxy) is 2. The number of halogens is 1. The van der Waals surface area contributed by atoms with Gasteiger partial charge in [-0.3, -0.25) is 20.4 Å². The number of methoxy groups -OCH3 is 1. The number of hydrogen-bond acceptors (Lipinski definition) is 5. The topological polar surface area (TPSA) is 100 Å². The van der Waals surface area contributed by atoms with E-state index in [9.17, 15) is 14.9 Å². The van der Waals surface area contributed by atoms with Crippen molar-refractivity contribution in [3.63, 3.8) is 0 Å². The Labute approximate surface area is 176 Å². The number of nitriles is 1. The molecular formula is C21H16BrN3O4. The van der Waals surface area contributed by atoms with Crippen LogP contribution in [0.15, 0.2) is 52.5 Å². The number of carbonyl (C=O) groups is 2. The Bertz CT molecular complexity index is 1020. The smallest absolute Gasteiger partial charge is 0.280 e. The Hall–Kier alpha value is -3.75. The molecular weight excluding hydrogens is 438 g/mol. The Kier molecular flexibility index (Phi) is 7.84. The second-order valence-corrected chi connectivity index (χ2v) is 6.32. The summed E-state index contributed by atoms with van der Waals surface area (Å²) < 4.78 is 11.2. The predicted octanol–water partition coefficient (Wildman–Crippen LogP) is 2.84. The van der Waals surface area contributed by atoms with Crippen LogP contribution in [0.25, 0.3) is 6.08 Å². The number of terminal acetylenes is 1. The number of benzene rings is 2. The molecule has 0 fully saturated rings. The number of amides is 2. The van der Waals surface area contributed by atoms with Crippen molar-refractivity contribution in [2.45, 2.75) is 0 Å². The van der Waals surface area contributed by atoms with Crippen LogP contribution in [0, 0.1) is 23.7 Å². The van der Waals surface area contributed by atoms with Crippen molar-refractivity contribution in [1.82, 2.24) is 10.9 Å². The summed E-state index contributed by atoms with van der Waals surface area (Å²) in [5.41, 5.74) is 5.12. The zero-order valence-corrected chi connectivity index (χ0v) is 16.9. The van der Waals surface area contributed by atoms with E-state index in [2.05, 4.69) is 32.7 Å². The minimum absolute atomic E-state index is 0.0605. The van der Waals surface area contributed by atoms with Crippen LogP contribution in [0.2, 0.25) is 0 Å². The molecule has 146 valence electrons. The molecule has 0 heterocycles. The maximum atomic E-state index is 12.3. The van der Waals surface area contributed by atoms with Gasteiger partial charge in [0.05, 0.1) is 7.11 Å². The molecule has 0 saturated carbocycles. The molecule has 0 aliphatic heterocycles. The standard InChI is InChI=1S/C21H16BrN3O4/c1-3-9-29-19-12-17(22)15(11-18(19)28-2)10-16(13-23)21(27)25-24-20(26)14-7-5-4-6-8-14/h1,4-8,10-12H,9H2,2H3,(H,24,26)(H,25,27)/b16-10+. The van der Waals surface area contributed by atoms with Crippen LogP contribution in [0.4, 0.5) is 0 Å². The largest absolute Gasteiger partial charge is 0.493 e. The molecule has 8 heteroatoms. The molecule has 0 aliphatic rings. The van der Waals surface area contributed by atoms with Crippen LogP contribution in [-0.2, 0) is 4.79 Å². The molecule has 0 unspecified atom stereocenters. The van der Waals surface area contributed by atoms with Gasteiger partial charge in [-0.15, -0.1) is 6.42 Å². The van der Waals surface area contributed by atoms with Crippen LogP contribution >= 0.6 is 15.9 Å². The van der Waals surface area contributed by atoms with Crippen molar-refractivity contribution in [1.29, 1.82) is 5.26 Å². The lowest BCUT2D eigenvalue weighted by Gasteiger charge is -2.11. The first-order valence-electron chi connectivity index (χ1n) is 8.21. The molecule has 29 heavy (non-hydrogen) atoms. The molecule has 0 atom stereocenters. The fourth-order valence-corrected chi connectivity index (χ4v) is 2.64. The van der Waals surface area contributed by atoms with E-state index < -0.39 is 11.8 Å². The average molecular weight is 454 g/mol. The summed E-state index contributed by atoms with van der Waals surface area (Å²) in [6.45, 7) is 0.0605. The first-order chi connectivity index (χ1) is 14.0. The van der Waals surface area contributed by atoms with E-state index in [0.29, 0.717) is 27.1 Å². The summed E-state index contributed by atoms with van der Waals surface area (Å²) in [4.78, 5) is 24.3. The lowest BCUT2D eigenvalue weighted by atomic mass is 10.1. The Morgan fingerprint density at radius 2 is 1.93 bits per heavy atom. The van der Waals surface area contributed by atoms with Crippen molar-refractivity contribution >= 4 is 33.8 Å². The third-order valence-corrected chi connectivity index (χ3v) is 4.27. The lowest BCUT2D eigenvalue weighted by molar-refractivity contribution is -0.117. The summed E-state index contributed by atoms with van der Waals surface area (Å²) in [7, 11) is 1.45. The number of nitrogens with zero attached hydrogens (tertiary/aromatic N) is 1. The maximum Gasteiger partial charge on any atom is 0.280 e. The Balaban J connectivity index is 2.18. The fourth-order valence-electron chi connectivity index (χ4n) is 2.20. The normalized spacial score (nSPS) is 10.3. The van der Waals surface area contributed by atoms with Crippen LogP contribution < -0.4 is 20.3 Å². The van der Waals surface area contributed by atoms with Crippen molar-refractivity contribution in [2.24, 2.45) is 0 Å². The van der Waals surface area contributed by atoms with Crippen molar-refractivity contribution in [3.05, 3.63) is 63.6 Å². The molecule has 0 aliphatic carbocycles. The van der Waals surface area contributed by atoms with Crippen LogP contribution in [0.1, 0.15) is 15.9 Å². The average Bonchev–Trinajstić information content (AvgIpc) is 2.75. The second-order valence-electron chi connectivity index (χ2n) is 5.46. The number of hydrazine groups is 1. The van der Waals surface area contributed by atoms with Gasteiger partial charge < -0.3 is 9.47 Å². The van der Waals surface area contributed by atoms with Gasteiger partial charge in [0.1, 0.15) is 18.2 Å². The SMILES string of the molecule is C#CCOc1cc(Br)c(/C=C(\C#N)C(=O)NNC(=O)c2ccccc2)cc1OC. The third kappa shape index (κ3) is 5.86. The van der Waals surface area contributed by atoms with Gasteiger partial charge in [-0.1, -0.05) is 40.0 Å². The molecule has 2 aromatic rings. The summed E-state index contributed by atoms with van der Waals surface area (Å²) in [6.07, 6.45) is 6.54. The molecule has 2 aromatic carbocycles. The Morgan fingerprint density at radius 3 is 2.55 bits per heavy atom. The summed E-state index contributed by atoms with van der Waals surface area (Å²) in [5.74, 6) is 1.87. The van der Waals surface area contributed by atoms with Crippen LogP contribution in [0.5, 0.6) is 11.5 Å². The fraction of sp³-hybridized carbons (Fsp3) is 0.0952. The van der Waals surface area contributed by atoms with Crippen LogP contribution in [-0.4, -0.2) is 25.5 Å². The summed E-state index contributed by atoms with van der Waals surface area (Å²) in [6, 6.07) is 13.3.